The lowest BCUT2D eigenvalue weighted by atomic mass is 10.0. The van der Waals surface area contributed by atoms with E-state index in [0.717, 1.165) is 6.42 Å². The molecule has 0 spiro atoms. The number of hydrogen-bond acceptors (Lipinski definition) is 2. The molecule has 0 saturated carbocycles. The van der Waals surface area contributed by atoms with Crippen LogP contribution >= 0.6 is 0 Å². The average molecular weight is 309 g/mol. The van der Waals surface area contributed by atoms with Gasteiger partial charge in [0.15, 0.2) is 23.3 Å². The zero-order chi connectivity index (χ0) is 16.2. The predicted molar refractivity (Wildman–Crippen MR) is 68.2 cm³/mol. The molecule has 0 fully saturated rings. The SMILES string of the molecule is CCC/C(=N/OCc1c(F)c(F)c(F)c(F)c1F)C(C)C. The second-order valence-electron chi connectivity index (χ2n) is 4.81. The molecule has 0 aromatic heterocycles. The molecule has 2 nitrogen and oxygen atoms in total. The van der Waals surface area contributed by atoms with Gasteiger partial charge >= 0.3 is 0 Å². The van der Waals surface area contributed by atoms with Gasteiger partial charge in [-0.25, -0.2) is 22.0 Å². The van der Waals surface area contributed by atoms with Crippen LogP contribution in [0, 0.1) is 35.0 Å². The van der Waals surface area contributed by atoms with E-state index < -0.39 is 41.3 Å². The quantitative estimate of drug-likeness (QED) is 0.245. The first-order valence-corrected chi connectivity index (χ1v) is 6.50. The van der Waals surface area contributed by atoms with Crippen molar-refractivity contribution in [3.05, 3.63) is 34.6 Å². The van der Waals surface area contributed by atoms with Gasteiger partial charge in [-0.05, 0) is 12.3 Å². The smallest absolute Gasteiger partial charge is 0.200 e. The first kappa shape index (κ1) is 17.4. The maximum absolute atomic E-state index is 13.4. The molecule has 1 aromatic carbocycles. The van der Waals surface area contributed by atoms with Crippen LogP contribution in [0.5, 0.6) is 0 Å². The summed E-state index contributed by atoms with van der Waals surface area (Å²) in [7, 11) is 0. The van der Waals surface area contributed by atoms with E-state index in [2.05, 4.69) is 5.16 Å². The minimum Gasteiger partial charge on any atom is -0.391 e. The van der Waals surface area contributed by atoms with Gasteiger partial charge < -0.3 is 4.84 Å². The molecule has 0 atom stereocenters. The van der Waals surface area contributed by atoms with Crippen LogP contribution in [0.4, 0.5) is 22.0 Å². The Labute approximate surface area is 119 Å². The second-order valence-corrected chi connectivity index (χ2v) is 4.81. The molecule has 1 aromatic rings. The van der Waals surface area contributed by atoms with Crippen LogP contribution in [0.3, 0.4) is 0 Å². The highest BCUT2D eigenvalue weighted by molar-refractivity contribution is 5.85. The molecule has 0 aliphatic rings. The van der Waals surface area contributed by atoms with Gasteiger partial charge in [0.2, 0.25) is 5.82 Å². The summed E-state index contributed by atoms with van der Waals surface area (Å²) in [6.07, 6.45) is 1.41. The first-order chi connectivity index (χ1) is 9.81. The fourth-order valence-corrected chi connectivity index (χ4v) is 1.65. The van der Waals surface area contributed by atoms with Gasteiger partial charge in [0.05, 0.1) is 11.3 Å². The third-order valence-electron chi connectivity index (χ3n) is 2.86. The predicted octanol–water partition coefficient (Wildman–Crippen LogP) is 4.71. The molecule has 0 heterocycles. The molecule has 0 aliphatic carbocycles. The van der Waals surface area contributed by atoms with Crippen LogP contribution in [0.15, 0.2) is 5.16 Å². The Balaban J connectivity index is 2.97. The topological polar surface area (TPSA) is 21.6 Å². The molecule has 0 N–H and O–H groups in total. The largest absolute Gasteiger partial charge is 0.391 e. The van der Waals surface area contributed by atoms with Crippen molar-refractivity contribution in [2.24, 2.45) is 11.1 Å². The van der Waals surface area contributed by atoms with Gasteiger partial charge in [-0.1, -0.05) is 32.3 Å². The van der Waals surface area contributed by atoms with Crippen LogP contribution in [0.2, 0.25) is 0 Å². The molecule has 0 radical (unpaired) electrons. The maximum atomic E-state index is 13.4. The number of rotatable bonds is 6. The molecule has 0 saturated heterocycles. The Morgan fingerprint density at radius 3 is 1.86 bits per heavy atom. The van der Waals surface area contributed by atoms with Crippen molar-refractivity contribution < 1.29 is 26.8 Å². The average Bonchev–Trinajstić information content (AvgIpc) is 2.45. The molecular weight excluding hydrogens is 293 g/mol. The minimum atomic E-state index is -2.19. The van der Waals surface area contributed by atoms with Gasteiger partial charge in [0, 0.05) is 0 Å². The summed E-state index contributed by atoms with van der Waals surface area (Å²) in [5.74, 6) is -9.91. The summed E-state index contributed by atoms with van der Waals surface area (Å²) in [4.78, 5) is 4.76. The van der Waals surface area contributed by atoms with Crippen molar-refractivity contribution in [1.29, 1.82) is 0 Å². The maximum Gasteiger partial charge on any atom is 0.200 e. The van der Waals surface area contributed by atoms with Crippen molar-refractivity contribution in [2.45, 2.75) is 40.2 Å². The van der Waals surface area contributed by atoms with Crippen molar-refractivity contribution >= 4 is 5.71 Å². The molecule has 1 rings (SSSR count). The van der Waals surface area contributed by atoms with Crippen LogP contribution in [-0.4, -0.2) is 5.71 Å². The van der Waals surface area contributed by atoms with Crippen LogP contribution in [0.25, 0.3) is 0 Å². The number of nitrogens with zero attached hydrogens (tertiary/aromatic N) is 1. The summed E-state index contributed by atoms with van der Waals surface area (Å²) >= 11 is 0. The Kier molecular flexibility index (Phi) is 6.11. The lowest BCUT2D eigenvalue weighted by Gasteiger charge is -2.10. The third-order valence-corrected chi connectivity index (χ3v) is 2.86. The highest BCUT2D eigenvalue weighted by Gasteiger charge is 2.25. The number of halogens is 5. The van der Waals surface area contributed by atoms with Crippen LogP contribution in [-0.2, 0) is 11.4 Å². The van der Waals surface area contributed by atoms with E-state index in [4.69, 9.17) is 4.84 Å². The molecular formula is C14H16F5NO. The standard InChI is InChI=1S/C14H16F5NO/c1-4-5-9(7(2)3)20-21-6-8-10(15)12(17)14(19)13(18)11(8)16/h7H,4-6H2,1-3H3/b20-9-. The van der Waals surface area contributed by atoms with E-state index in [1.165, 1.54) is 0 Å². The molecule has 0 unspecified atom stereocenters. The molecule has 118 valence electrons. The summed E-state index contributed by atoms with van der Waals surface area (Å²) in [5, 5.41) is 3.72. The number of benzene rings is 1. The van der Waals surface area contributed by atoms with Crippen molar-refractivity contribution in [1.82, 2.24) is 0 Å². The zero-order valence-corrected chi connectivity index (χ0v) is 11.9. The van der Waals surface area contributed by atoms with Gasteiger partial charge in [0.25, 0.3) is 0 Å². The highest BCUT2D eigenvalue weighted by atomic mass is 19.2. The third kappa shape index (κ3) is 3.92. The van der Waals surface area contributed by atoms with Crippen LogP contribution in [0.1, 0.15) is 39.2 Å². The first-order valence-electron chi connectivity index (χ1n) is 6.50. The molecule has 0 amide bonds. The number of hydrogen-bond donors (Lipinski definition) is 0. The lowest BCUT2D eigenvalue weighted by Crippen LogP contribution is -2.10. The van der Waals surface area contributed by atoms with E-state index >= 15 is 0 Å². The second kappa shape index (κ2) is 7.38. The van der Waals surface area contributed by atoms with E-state index in [0.29, 0.717) is 12.1 Å². The Bertz CT molecular complexity index is 514. The van der Waals surface area contributed by atoms with Gasteiger partial charge in [-0.3, -0.25) is 0 Å². The van der Waals surface area contributed by atoms with E-state index in [1.54, 1.807) is 0 Å². The molecule has 0 bridgehead atoms. The fourth-order valence-electron chi connectivity index (χ4n) is 1.65. The van der Waals surface area contributed by atoms with Gasteiger partial charge in [-0.15, -0.1) is 0 Å². The Morgan fingerprint density at radius 1 is 0.952 bits per heavy atom. The molecule has 7 heteroatoms. The van der Waals surface area contributed by atoms with Crippen molar-refractivity contribution in [2.75, 3.05) is 0 Å². The summed E-state index contributed by atoms with van der Waals surface area (Å²) in [5.41, 5.74) is -0.379. The summed E-state index contributed by atoms with van der Waals surface area (Å²) in [6, 6.07) is 0. The molecule has 0 aliphatic heterocycles. The zero-order valence-electron chi connectivity index (χ0n) is 11.9. The summed E-state index contributed by atoms with van der Waals surface area (Å²) in [6.45, 7) is 4.81. The monoisotopic (exact) mass is 309 g/mol. The lowest BCUT2D eigenvalue weighted by molar-refractivity contribution is 0.121. The Morgan fingerprint density at radius 2 is 1.43 bits per heavy atom. The van der Waals surface area contributed by atoms with Gasteiger partial charge in [-0.2, -0.15) is 0 Å². The molecule has 21 heavy (non-hydrogen) atoms. The fraction of sp³-hybridized carbons (Fsp3) is 0.500. The van der Waals surface area contributed by atoms with Crippen LogP contribution < -0.4 is 0 Å². The normalized spacial score (nSPS) is 12.1. The van der Waals surface area contributed by atoms with E-state index in [-0.39, 0.29) is 5.92 Å². The van der Waals surface area contributed by atoms with Gasteiger partial charge in [0.1, 0.15) is 6.61 Å². The minimum absolute atomic E-state index is 0.0568. The van der Waals surface area contributed by atoms with E-state index in [9.17, 15) is 22.0 Å². The van der Waals surface area contributed by atoms with Crippen molar-refractivity contribution in [3.8, 4) is 0 Å². The Hall–Kier alpha value is -1.66. The van der Waals surface area contributed by atoms with E-state index in [1.807, 2.05) is 20.8 Å². The summed E-state index contributed by atoms with van der Waals surface area (Å²) < 4.78 is 65.6. The highest BCUT2D eigenvalue weighted by Crippen LogP contribution is 2.23. The number of oxime groups is 1. The van der Waals surface area contributed by atoms with Crippen molar-refractivity contribution in [3.63, 3.8) is 0 Å².